The smallest absolute Gasteiger partial charge is 0.406 e. The number of alkyl halides is 3. The Morgan fingerprint density at radius 2 is 1.89 bits per heavy atom. The Balaban J connectivity index is 0.00000364. The lowest BCUT2D eigenvalue weighted by molar-refractivity contribution is -0.274. The van der Waals surface area contributed by atoms with Crippen LogP contribution < -0.4 is 10.5 Å². The van der Waals surface area contributed by atoms with E-state index < -0.39 is 6.36 Å². The molecule has 1 unspecified atom stereocenters. The van der Waals surface area contributed by atoms with E-state index in [-0.39, 0.29) is 42.3 Å². The fourth-order valence-electron chi connectivity index (χ4n) is 2.91. The van der Waals surface area contributed by atoms with Crippen LogP contribution in [0.25, 0.3) is 0 Å². The molecule has 0 radical (unpaired) electrons. The van der Waals surface area contributed by atoms with Crippen molar-refractivity contribution in [1.82, 2.24) is 4.90 Å². The van der Waals surface area contributed by atoms with Gasteiger partial charge < -0.3 is 20.5 Å². The molecule has 3 N–H and O–H groups in total. The van der Waals surface area contributed by atoms with Crippen LogP contribution in [0, 0.1) is 11.8 Å². The number of ether oxygens (including phenoxy) is 1. The molecule has 0 spiro atoms. The minimum absolute atomic E-state index is 0. The minimum Gasteiger partial charge on any atom is -0.406 e. The number of hydrogen-bond acceptors (Lipinski definition) is 3. The molecule has 1 atom stereocenters. The monoisotopic (exact) mass is 501 g/mol. The van der Waals surface area contributed by atoms with Gasteiger partial charge in [0.15, 0.2) is 5.96 Å². The van der Waals surface area contributed by atoms with Crippen molar-refractivity contribution < 1.29 is 23.0 Å². The maximum Gasteiger partial charge on any atom is 0.573 e. The summed E-state index contributed by atoms with van der Waals surface area (Å²) < 4.78 is 40.4. The van der Waals surface area contributed by atoms with Gasteiger partial charge in [0.1, 0.15) is 5.75 Å². The zero-order valence-electron chi connectivity index (χ0n) is 15.3. The third-order valence-corrected chi connectivity index (χ3v) is 4.56. The molecule has 2 rings (SSSR count). The van der Waals surface area contributed by atoms with E-state index >= 15 is 0 Å². The number of benzene rings is 1. The summed E-state index contributed by atoms with van der Waals surface area (Å²) in [4.78, 5) is 6.45. The van der Waals surface area contributed by atoms with Gasteiger partial charge in [0.2, 0.25) is 0 Å². The third-order valence-electron chi connectivity index (χ3n) is 4.56. The average molecular weight is 501 g/mol. The number of halogens is 4. The van der Waals surface area contributed by atoms with E-state index in [9.17, 15) is 18.3 Å². The van der Waals surface area contributed by atoms with Crippen LogP contribution in [0.4, 0.5) is 13.2 Å². The van der Waals surface area contributed by atoms with Crippen LogP contribution in [0.15, 0.2) is 29.3 Å². The highest BCUT2D eigenvalue weighted by atomic mass is 127. The molecule has 27 heavy (non-hydrogen) atoms. The molecular formula is C18H27F3IN3O2. The molecule has 1 aliphatic rings. The van der Waals surface area contributed by atoms with Crippen LogP contribution in [0.5, 0.6) is 5.75 Å². The second-order valence-electron chi connectivity index (χ2n) is 6.81. The van der Waals surface area contributed by atoms with E-state index in [4.69, 9.17) is 5.73 Å². The van der Waals surface area contributed by atoms with Gasteiger partial charge in [0.25, 0.3) is 0 Å². The first-order valence-electron chi connectivity index (χ1n) is 8.77. The number of aliphatic hydroxyl groups is 1. The first-order chi connectivity index (χ1) is 12.3. The number of aliphatic hydroxyl groups excluding tert-OH is 1. The molecule has 9 heteroatoms. The molecule has 1 aromatic carbocycles. The molecule has 0 saturated carbocycles. The second kappa shape index (κ2) is 10.9. The number of nitrogens with zero attached hydrogens (tertiary/aromatic N) is 2. The summed E-state index contributed by atoms with van der Waals surface area (Å²) in [6.45, 7) is 4.29. The molecule has 1 heterocycles. The predicted molar refractivity (Wildman–Crippen MR) is 109 cm³/mol. The van der Waals surface area contributed by atoms with Crippen LogP contribution in [0.2, 0.25) is 0 Å². The Kier molecular flexibility index (Phi) is 9.65. The molecule has 5 nitrogen and oxygen atoms in total. The maximum atomic E-state index is 12.2. The van der Waals surface area contributed by atoms with Gasteiger partial charge in [0, 0.05) is 32.2 Å². The quantitative estimate of drug-likeness (QED) is 0.356. The van der Waals surface area contributed by atoms with Gasteiger partial charge in [-0.15, -0.1) is 37.1 Å². The lowest BCUT2D eigenvalue weighted by Crippen LogP contribution is -2.42. The van der Waals surface area contributed by atoms with Crippen LogP contribution >= 0.6 is 24.0 Å². The summed E-state index contributed by atoms with van der Waals surface area (Å²) in [5, 5.41) is 9.56. The van der Waals surface area contributed by atoms with Crippen molar-refractivity contribution in [3.05, 3.63) is 29.8 Å². The lowest BCUT2D eigenvalue weighted by atomic mass is 9.99. The van der Waals surface area contributed by atoms with Gasteiger partial charge >= 0.3 is 6.36 Å². The second-order valence-corrected chi connectivity index (χ2v) is 6.81. The topological polar surface area (TPSA) is 71.1 Å². The molecular weight excluding hydrogens is 474 g/mol. The van der Waals surface area contributed by atoms with Crippen LogP contribution in [-0.2, 0) is 6.42 Å². The number of hydrogen-bond donors (Lipinski definition) is 2. The van der Waals surface area contributed by atoms with E-state index in [1.54, 1.807) is 12.1 Å². The van der Waals surface area contributed by atoms with E-state index in [1.807, 2.05) is 0 Å². The highest BCUT2D eigenvalue weighted by Gasteiger charge is 2.31. The first kappa shape index (κ1) is 23.8. The Bertz CT molecular complexity index is 589. The fraction of sp³-hybridized carbons (Fsp3) is 0.611. The van der Waals surface area contributed by atoms with E-state index in [0.717, 1.165) is 31.5 Å². The van der Waals surface area contributed by atoms with Crippen molar-refractivity contribution in [2.45, 2.75) is 32.5 Å². The van der Waals surface area contributed by atoms with E-state index in [0.29, 0.717) is 24.8 Å². The number of guanidine groups is 1. The average Bonchev–Trinajstić information content (AvgIpc) is 2.59. The summed E-state index contributed by atoms with van der Waals surface area (Å²) in [6, 6.07) is 5.65. The van der Waals surface area contributed by atoms with Crippen molar-refractivity contribution in [2.75, 3.05) is 26.2 Å². The van der Waals surface area contributed by atoms with Gasteiger partial charge in [0.05, 0.1) is 0 Å². The zero-order valence-corrected chi connectivity index (χ0v) is 17.6. The van der Waals surface area contributed by atoms with Crippen LogP contribution in [0.3, 0.4) is 0 Å². The number of likely N-dealkylation sites (tertiary alicyclic amines) is 1. The minimum atomic E-state index is -4.70. The largest absolute Gasteiger partial charge is 0.573 e. The van der Waals surface area contributed by atoms with Crippen molar-refractivity contribution in [2.24, 2.45) is 22.6 Å². The van der Waals surface area contributed by atoms with Gasteiger partial charge in [-0.25, -0.2) is 0 Å². The van der Waals surface area contributed by atoms with Crippen LogP contribution in [0.1, 0.15) is 25.3 Å². The molecule has 0 aromatic heterocycles. The van der Waals surface area contributed by atoms with Gasteiger partial charge in [-0.2, -0.15) is 0 Å². The zero-order chi connectivity index (χ0) is 19.2. The SMILES string of the molecule is CC1CCN(C(N)=NCC(CO)Cc2ccc(OC(F)(F)F)cc2)CC1.I. The molecule has 1 aliphatic heterocycles. The Morgan fingerprint density at radius 3 is 2.41 bits per heavy atom. The molecule has 1 saturated heterocycles. The Hall–Kier alpha value is -1.23. The highest BCUT2D eigenvalue weighted by molar-refractivity contribution is 14.0. The fourth-order valence-corrected chi connectivity index (χ4v) is 2.91. The van der Waals surface area contributed by atoms with Gasteiger partial charge in [-0.05, 0) is 42.9 Å². The molecule has 0 bridgehead atoms. The van der Waals surface area contributed by atoms with Crippen molar-refractivity contribution in [3.63, 3.8) is 0 Å². The van der Waals surface area contributed by atoms with Crippen molar-refractivity contribution in [3.8, 4) is 5.75 Å². The van der Waals surface area contributed by atoms with Crippen molar-refractivity contribution in [1.29, 1.82) is 0 Å². The van der Waals surface area contributed by atoms with Gasteiger partial charge in [-0.3, -0.25) is 4.99 Å². The standard InChI is InChI=1S/C18H26F3N3O2.HI/c1-13-6-8-24(9-7-13)17(22)23-11-15(12-25)10-14-2-4-16(5-3-14)26-18(19,20)21;/h2-5,13,15,25H,6-12H2,1H3,(H2,22,23);1H. The third kappa shape index (κ3) is 8.54. The van der Waals surface area contributed by atoms with E-state index in [2.05, 4.69) is 21.6 Å². The van der Waals surface area contributed by atoms with Crippen LogP contribution in [-0.4, -0.2) is 48.6 Å². The Morgan fingerprint density at radius 1 is 1.30 bits per heavy atom. The first-order valence-corrected chi connectivity index (χ1v) is 8.77. The number of rotatable bonds is 6. The maximum absolute atomic E-state index is 12.2. The predicted octanol–water partition coefficient (Wildman–Crippen LogP) is 3.40. The summed E-state index contributed by atoms with van der Waals surface area (Å²) >= 11 is 0. The molecule has 1 aromatic rings. The van der Waals surface area contributed by atoms with Crippen molar-refractivity contribution >= 4 is 29.9 Å². The molecule has 154 valence electrons. The molecule has 0 aliphatic carbocycles. The molecule has 1 fully saturated rings. The normalized spacial score (nSPS) is 17.4. The van der Waals surface area contributed by atoms with Gasteiger partial charge in [-0.1, -0.05) is 19.1 Å². The number of aliphatic imine (C=N–C) groups is 1. The summed E-state index contributed by atoms with van der Waals surface area (Å²) in [6.07, 6.45) is -2.03. The lowest BCUT2D eigenvalue weighted by Gasteiger charge is -2.31. The number of nitrogens with two attached hydrogens (primary N) is 1. The summed E-state index contributed by atoms with van der Waals surface area (Å²) in [5.41, 5.74) is 6.84. The molecule has 0 amide bonds. The summed E-state index contributed by atoms with van der Waals surface area (Å²) in [5.74, 6) is 0.785. The summed E-state index contributed by atoms with van der Waals surface area (Å²) in [7, 11) is 0. The highest BCUT2D eigenvalue weighted by Crippen LogP contribution is 2.23. The van der Waals surface area contributed by atoms with E-state index in [1.165, 1.54) is 12.1 Å². The Labute approximate surface area is 174 Å². The number of piperidine rings is 1.